The number of fused-ring (bicyclic) bond motifs is 1. The van der Waals surface area contributed by atoms with Gasteiger partial charge in [0.25, 0.3) is 0 Å². The number of thioether (sulfide) groups is 1. The van der Waals surface area contributed by atoms with E-state index in [-0.39, 0.29) is 12.0 Å². The predicted molar refractivity (Wildman–Crippen MR) is 70.8 cm³/mol. The maximum absolute atomic E-state index is 11.7. The molecule has 0 fully saturated rings. The number of ether oxygens (including phenoxy) is 1. The molecule has 0 aliphatic carbocycles. The van der Waals surface area contributed by atoms with Gasteiger partial charge >= 0.3 is 0 Å². The Morgan fingerprint density at radius 1 is 1.47 bits per heavy atom. The summed E-state index contributed by atoms with van der Waals surface area (Å²) in [5, 5.41) is 3.24. The number of carbonyl (C=O) groups is 1. The average Bonchev–Trinajstić information content (AvgIpc) is 2.35. The summed E-state index contributed by atoms with van der Waals surface area (Å²) >= 11 is 1.71. The summed E-state index contributed by atoms with van der Waals surface area (Å²) in [4.78, 5) is 12.8. The lowest BCUT2D eigenvalue weighted by Crippen LogP contribution is -2.15. The number of hydrogen-bond donors (Lipinski definition) is 1. The van der Waals surface area contributed by atoms with Crippen LogP contribution in [0, 0.1) is 0 Å². The van der Waals surface area contributed by atoms with Crippen molar-refractivity contribution in [1.82, 2.24) is 0 Å². The molecule has 17 heavy (non-hydrogen) atoms. The molecule has 3 nitrogen and oxygen atoms in total. The number of nitrogens with one attached hydrogen (secondary N) is 1. The van der Waals surface area contributed by atoms with Crippen molar-refractivity contribution in [3.8, 4) is 5.75 Å². The van der Waals surface area contributed by atoms with Crippen molar-refractivity contribution in [2.24, 2.45) is 0 Å². The molecule has 0 radical (unpaired) electrons. The molecule has 1 amide bonds. The van der Waals surface area contributed by atoms with Crippen LogP contribution in [0.4, 0.5) is 5.69 Å². The highest BCUT2D eigenvalue weighted by Crippen LogP contribution is 2.40. The standard InChI is InChI=1S/C13H17NO2S/c1-8(2)16-10-5-4-6-11-13(10)14-12(15)7-9(3)17-11/h4-6,8-9H,7H2,1-3H3,(H,14,15). The molecule has 0 saturated carbocycles. The Hall–Kier alpha value is -1.16. The number of rotatable bonds is 2. The largest absolute Gasteiger partial charge is 0.489 e. The molecule has 0 spiro atoms. The molecule has 0 bridgehead atoms. The van der Waals surface area contributed by atoms with Crippen molar-refractivity contribution >= 4 is 23.4 Å². The lowest BCUT2D eigenvalue weighted by molar-refractivity contribution is -0.116. The van der Waals surface area contributed by atoms with Gasteiger partial charge in [-0.15, -0.1) is 11.8 Å². The zero-order valence-corrected chi connectivity index (χ0v) is 11.1. The molecule has 92 valence electrons. The van der Waals surface area contributed by atoms with Gasteiger partial charge in [0.15, 0.2) is 0 Å². The summed E-state index contributed by atoms with van der Waals surface area (Å²) in [6.45, 7) is 6.02. The van der Waals surface area contributed by atoms with Crippen molar-refractivity contribution < 1.29 is 9.53 Å². The molecule has 0 saturated heterocycles. The second-order valence-corrected chi connectivity index (χ2v) is 5.96. The average molecular weight is 251 g/mol. The normalized spacial score (nSPS) is 19.5. The third-order valence-corrected chi connectivity index (χ3v) is 3.58. The molecule has 1 aromatic carbocycles. The van der Waals surface area contributed by atoms with Crippen LogP contribution in [0.1, 0.15) is 27.2 Å². The molecule has 1 aromatic rings. The first-order valence-corrected chi connectivity index (χ1v) is 6.70. The number of amides is 1. The van der Waals surface area contributed by atoms with Crippen LogP contribution in [-0.2, 0) is 4.79 Å². The first kappa shape index (κ1) is 12.3. The van der Waals surface area contributed by atoms with Crippen molar-refractivity contribution in [2.45, 2.75) is 43.4 Å². The molecular weight excluding hydrogens is 234 g/mol. The number of benzene rings is 1. The van der Waals surface area contributed by atoms with Crippen LogP contribution in [0.5, 0.6) is 5.75 Å². The third-order valence-electron chi connectivity index (χ3n) is 2.42. The Morgan fingerprint density at radius 2 is 2.24 bits per heavy atom. The van der Waals surface area contributed by atoms with Crippen LogP contribution in [-0.4, -0.2) is 17.3 Å². The monoisotopic (exact) mass is 251 g/mol. The zero-order chi connectivity index (χ0) is 12.4. The van der Waals surface area contributed by atoms with Gasteiger partial charge in [-0.2, -0.15) is 0 Å². The fraction of sp³-hybridized carbons (Fsp3) is 0.462. The van der Waals surface area contributed by atoms with E-state index in [1.165, 1.54) is 0 Å². The van der Waals surface area contributed by atoms with Crippen LogP contribution in [0.3, 0.4) is 0 Å². The van der Waals surface area contributed by atoms with Crippen LogP contribution >= 0.6 is 11.8 Å². The fourth-order valence-corrected chi connectivity index (χ4v) is 2.89. The molecule has 2 rings (SSSR count). The molecule has 1 N–H and O–H groups in total. The molecule has 1 aliphatic heterocycles. The van der Waals surface area contributed by atoms with E-state index < -0.39 is 0 Å². The first-order valence-electron chi connectivity index (χ1n) is 5.82. The highest BCUT2D eigenvalue weighted by Gasteiger charge is 2.21. The van der Waals surface area contributed by atoms with Gasteiger partial charge in [-0.3, -0.25) is 4.79 Å². The zero-order valence-electron chi connectivity index (χ0n) is 10.3. The fourth-order valence-electron chi connectivity index (χ4n) is 1.79. The highest BCUT2D eigenvalue weighted by atomic mass is 32.2. The quantitative estimate of drug-likeness (QED) is 0.876. The topological polar surface area (TPSA) is 38.3 Å². The minimum atomic E-state index is 0.0588. The van der Waals surface area contributed by atoms with Gasteiger partial charge in [-0.1, -0.05) is 13.0 Å². The van der Waals surface area contributed by atoms with Gasteiger partial charge in [0, 0.05) is 16.6 Å². The Morgan fingerprint density at radius 3 is 2.94 bits per heavy atom. The van der Waals surface area contributed by atoms with Gasteiger partial charge in [0.05, 0.1) is 11.8 Å². The second kappa shape index (κ2) is 5.00. The van der Waals surface area contributed by atoms with Crippen molar-refractivity contribution in [3.63, 3.8) is 0 Å². The van der Waals surface area contributed by atoms with Gasteiger partial charge in [-0.05, 0) is 26.0 Å². The second-order valence-electron chi connectivity index (χ2n) is 4.48. The third kappa shape index (κ3) is 2.94. The van der Waals surface area contributed by atoms with E-state index >= 15 is 0 Å². The van der Waals surface area contributed by atoms with Gasteiger partial charge in [-0.25, -0.2) is 0 Å². The summed E-state index contributed by atoms with van der Waals surface area (Å²) in [5.74, 6) is 0.816. The maximum atomic E-state index is 11.7. The number of para-hydroxylation sites is 1. The summed E-state index contributed by atoms with van der Waals surface area (Å²) < 4.78 is 5.72. The SMILES string of the molecule is CC(C)Oc1cccc2c1NC(=O)CC(C)S2. The van der Waals surface area contributed by atoms with Crippen molar-refractivity contribution in [2.75, 3.05) is 5.32 Å². The van der Waals surface area contributed by atoms with Gasteiger partial charge in [0.1, 0.15) is 5.75 Å². The molecule has 0 aromatic heterocycles. The Labute approximate surface area is 106 Å². The smallest absolute Gasteiger partial charge is 0.225 e. The Kier molecular flexibility index (Phi) is 3.62. The minimum Gasteiger partial charge on any atom is -0.489 e. The van der Waals surface area contributed by atoms with E-state index in [4.69, 9.17) is 4.74 Å². The van der Waals surface area contributed by atoms with E-state index in [1.807, 2.05) is 32.0 Å². The predicted octanol–water partition coefficient (Wildman–Crippen LogP) is 3.30. The minimum absolute atomic E-state index is 0.0588. The molecular formula is C13H17NO2S. The van der Waals surface area contributed by atoms with E-state index in [9.17, 15) is 4.79 Å². The highest BCUT2D eigenvalue weighted by molar-refractivity contribution is 8.00. The molecule has 4 heteroatoms. The maximum Gasteiger partial charge on any atom is 0.225 e. The van der Waals surface area contributed by atoms with Crippen molar-refractivity contribution in [1.29, 1.82) is 0 Å². The summed E-state index contributed by atoms with van der Waals surface area (Å²) in [6, 6.07) is 5.89. The van der Waals surface area contributed by atoms with E-state index in [2.05, 4.69) is 12.2 Å². The molecule has 1 aliphatic rings. The van der Waals surface area contributed by atoms with Crippen LogP contribution in [0.25, 0.3) is 0 Å². The number of carbonyl (C=O) groups excluding carboxylic acids is 1. The van der Waals surface area contributed by atoms with Crippen LogP contribution < -0.4 is 10.1 Å². The van der Waals surface area contributed by atoms with Crippen LogP contribution in [0.15, 0.2) is 23.1 Å². The summed E-state index contributed by atoms with van der Waals surface area (Å²) in [7, 11) is 0. The molecule has 1 unspecified atom stereocenters. The van der Waals surface area contributed by atoms with Gasteiger partial charge < -0.3 is 10.1 Å². The molecule has 1 heterocycles. The summed E-state index contributed by atoms with van der Waals surface area (Å²) in [5.41, 5.74) is 0.820. The first-order chi connectivity index (χ1) is 8.06. The lowest BCUT2D eigenvalue weighted by atomic mass is 10.2. The van der Waals surface area contributed by atoms with Crippen molar-refractivity contribution in [3.05, 3.63) is 18.2 Å². The Balaban J connectivity index is 2.38. The van der Waals surface area contributed by atoms with E-state index in [0.29, 0.717) is 11.7 Å². The van der Waals surface area contributed by atoms with Crippen LogP contribution in [0.2, 0.25) is 0 Å². The van der Waals surface area contributed by atoms with Gasteiger partial charge in [0.2, 0.25) is 5.91 Å². The molecule has 1 atom stereocenters. The lowest BCUT2D eigenvalue weighted by Gasteiger charge is -2.16. The van der Waals surface area contributed by atoms with E-state index in [0.717, 1.165) is 16.3 Å². The number of hydrogen-bond acceptors (Lipinski definition) is 3. The van der Waals surface area contributed by atoms with E-state index in [1.54, 1.807) is 11.8 Å². The summed E-state index contributed by atoms with van der Waals surface area (Å²) in [6.07, 6.45) is 0.643. The Bertz CT molecular complexity index is 431. The number of anilines is 1.